The normalized spacial score (nSPS) is 11.9. The number of aromatic nitrogens is 2. The minimum atomic E-state index is -0.323. The molecular weight excluding hydrogens is 300 g/mol. The zero-order valence-corrected chi connectivity index (χ0v) is 13.6. The van der Waals surface area contributed by atoms with Crippen molar-refractivity contribution in [3.8, 4) is 11.1 Å². The summed E-state index contributed by atoms with van der Waals surface area (Å²) in [6.45, 7) is 2.35. The third-order valence-corrected chi connectivity index (χ3v) is 3.89. The van der Waals surface area contributed by atoms with Gasteiger partial charge in [-0.1, -0.05) is 61.5 Å². The van der Waals surface area contributed by atoms with E-state index in [1.807, 2.05) is 41.1 Å². The predicted molar refractivity (Wildman–Crippen MR) is 93.2 cm³/mol. The topological polar surface area (TPSA) is 44.1 Å². The number of benzene rings is 2. The molecule has 0 saturated carbocycles. The highest BCUT2D eigenvalue weighted by molar-refractivity contribution is 5.69. The van der Waals surface area contributed by atoms with Gasteiger partial charge in [0.25, 0.3) is 0 Å². The molecule has 122 valence electrons. The van der Waals surface area contributed by atoms with Crippen molar-refractivity contribution < 1.29 is 9.53 Å². The first-order valence-electron chi connectivity index (χ1n) is 8.07. The van der Waals surface area contributed by atoms with Gasteiger partial charge in [-0.15, -0.1) is 0 Å². The summed E-state index contributed by atoms with van der Waals surface area (Å²) in [6, 6.07) is 18.4. The van der Waals surface area contributed by atoms with Crippen molar-refractivity contribution in [3.05, 3.63) is 78.9 Å². The molecule has 0 saturated heterocycles. The fraction of sp³-hybridized carbons (Fsp3) is 0.200. The molecule has 4 heteroatoms. The summed E-state index contributed by atoms with van der Waals surface area (Å²) in [5.74, 6) is -0.202. The van der Waals surface area contributed by atoms with Crippen LogP contribution in [-0.2, 0) is 16.1 Å². The molecule has 0 aliphatic heterocycles. The monoisotopic (exact) mass is 320 g/mol. The number of nitrogens with zero attached hydrogens (tertiary/aromatic N) is 2. The number of carbonyl (C=O) groups excluding carboxylic acids is 1. The van der Waals surface area contributed by atoms with Gasteiger partial charge in [-0.2, -0.15) is 0 Å². The smallest absolute Gasteiger partial charge is 0.306 e. The van der Waals surface area contributed by atoms with Crippen molar-refractivity contribution >= 4 is 5.97 Å². The maximum Gasteiger partial charge on any atom is 0.306 e. The molecule has 4 nitrogen and oxygen atoms in total. The van der Waals surface area contributed by atoms with E-state index in [0.29, 0.717) is 13.0 Å². The molecule has 1 aromatic heterocycles. The Balaban J connectivity index is 1.82. The van der Waals surface area contributed by atoms with Crippen LogP contribution in [0.4, 0.5) is 0 Å². The standard InChI is InChI=1S/C20H20N2O2/c1-2-20(23)24-19(14-22-13-12-21-15-22)18-10-8-17(9-11-18)16-6-4-3-5-7-16/h3-13,15,19H,2,14H2,1H3. The molecule has 0 aliphatic carbocycles. The first-order valence-corrected chi connectivity index (χ1v) is 8.07. The average Bonchev–Trinajstić information content (AvgIpc) is 3.15. The van der Waals surface area contributed by atoms with Crippen LogP contribution < -0.4 is 0 Å². The van der Waals surface area contributed by atoms with Gasteiger partial charge in [-0.05, 0) is 16.7 Å². The number of esters is 1. The Morgan fingerprint density at radius 1 is 1.08 bits per heavy atom. The number of rotatable bonds is 6. The average molecular weight is 320 g/mol. The third-order valence-electron chi connectivity index (χ3n) is 3.89. The van der Waals surface area contributed by atoms with Crippen molar-refractivity contribution in [2.24, 2.45) is 0 Å². The highest BCUT2D eigenvalue weighted by atomic mass is 16.5. The van der Waals surface area contributed by atoms with Crippen LogP contribution in [0.3, 0.4) is 0 Å². The van der Waals surface area contributed by atoms with E-state index in [4.69, 9.17) is 4.74 Å². The van der Waals surface area contributed by atoms with Gasteiger partial charge in [-0.25, -0.2) is 4.98 Å². The van der Waals surface area contributed by atoms with Crippen molar-refractivity contribution in [2.45, 2.75) is 26.0 Å². The molecule has 2 aromatic carbocycles. The van der Waals surface area contributed by atoms with Crippen molar-refractivity contribution in [3.63, 3.8) is 0 Å². The van der Waals surface area contributed by atoms with E-state index in [9.17, 15) is 4.79 Å². The number of hydrogen-bond acceptors (Lipinski definition) is 3. The lowest BCUT2D eigenvalue weighted by Crippen LogP contribution is -2.15. The maximum atomic E-state index is 11.8. The maximum absolute atomic E-state index is 11.8. The Morgan fingerprint density at radius 2 is 1.79 bits per heavy atom. The summed E-state index contributed by atoms with van der Waals surface area (Å²) < 4.78 is 7.53. The van der Waals surface area contributed by atoms with Crippen LogP contribution in [-0.4, -0.2) is 15.5 Å². The highest BCUT2D eigenvalue weighted by Crippen LogP contribution is 2.25. The summed E-state index contributed by atoms with van der Waals surface area (Å²) in [5, 5.41) is 0. The van der Waals surface area contributed by atoms with Gasteiger partial charge in [-0.3, -0.25) is 4.79 Å². The summed E-state index contributed by atoms with van der Waals surface area (Å²) in [7, 11) is 0. The van der Waals surface area contributed by atoms with Crippen LogP contribution in [0.25, 0.3) is 11.1 Å². The van der Waals surface area contributed by atoms with Gasteiger partial charge >= 0.3 is 5.97 Å². The Morgan fingerprint density at radius 3 is 2.42 bits per heavy atom. The quantitative estimate of drug-likeness (QED) is 0.638. The van der Waals surface area contributed by atoms with Crippen LogP contribution in [0.2, 0.25) is 0 Å². The molecule has 3 aromatic rings. The summed E-state index contributed by atoms with van der Waals surface area (Å²) in [5.41, 5.74) is 3.29. The van der Waals surface area contributed by atoms with E-state index >= 15 is 0 Å². The number of imidazole rings is 1. The third kappa shape index (κ3) is 3.90. The fourth-order valence-electron chi connectivity index (χ4n) is 2.56. The molecule has 0 bridgehead atoms. The molecule has 3 rings (SSSR count). The lowest BCUT2D eigenvalue weighted by Gasteiger charge is -2.19. The molecule has 0 fully saturated rings. The lowest BCUT2D eigenvalue weighted by molar-refractivity contribution is -0.149. The molecule has 1 unspecified atom stereocenters. The predicted octanol–water partition coefficient (Wildman–Crippen LogP) is 4.24. The van der Waals surface area contributed by atoms with Crippen LogP contribution in [0, 0.1) is 0 Å². The van der Waals surface area contributed by atoms with E-state index in [0.717, 1.165) is 11.1 Å². The van der Waals surface area contributed by atoms with E-state index in [-0.39, 0.29) is 12.1 Å². The van der Waals surface area contributed by atoms with Crippen LogP contribution in [0.5, 0.6) is 0 Å². The molecule has 0 spiro atoms. The summed E-state index contributed by atoms with van der Waals surface area (Å²) in [6.07, 6.45) is 5.35. The Labute approximate surface area is 141 Å². The Hall–Kier alpha value is -2.88. The first kappa shape index (κ1) is 16.0. The molecule has 24 heavy (non-hydrogen) atoms. The van der Waals surface area contributed by atoms with Crippen LogP contribution in [0.15, 0.2) is 73.3 Å². The van der Waals surface area contributed by atoms with E-state index < -0.39 is 0 Å². The van der Waals surface area contributed by atoms with Crippen molar-refractivity contribution in [1.29, 1.82) is 0 Å². The van der Waals surface area contributed by atoms with Gasteiger partial charge in [0, 0.05) is 18.8 Å². The molecule has 0 aliphatic rings. The molecule has 1 heterocycles. The largest absolute Gasteiger partial charge is 0.456 e. The molecule has 0 amide bonds. The highest BCUT2D eigenvalue weighted by Gasteiger charge is 2.16. The lowest BCUT2D eigenvalue weighted by atomic mass is 10.0. The zero-order chi connectivity index (χ0) is 16.8. The summed E-state index contributed by atoms with van der Waals surface area (Å²) >= 11 is 0. The zero-order valence-electron chi connectivity index (χ0n) is 13.6. The van der Waals surface area contributed by atoms with Gasteiger partial charge in [0.15, 0.2) is 0 Å². The minimum absolute atomic E-state index is 0.202. The molecule has 0 N–H and O–H groups in total. The molecule has 0 radical (unpaired) electrons. The molecular formula is C20H20N2O2. The van der Waals surface area contributed by atoms with E-state index in [1.54, 1.807) is 19.4 Å². The van der Waals surface area contributed by atoms with Crippen LogP contribution >= 0.6 is 0 Å². The van der Waals surface area contributed by atoms with E-state index in [2.05, 4.69) is 29.2 Å². The molecule has 1 atom stereocenters. The Kier molecular flexibility index (Phi) is 5.06. The minimum Gasteiger partial charge on any atom is -0.456 e. The number of carbonyl (C=O) groups is 1. The fourth-order valence-corrected chi connectivity index (χ4v) is 2.56. The van der Waals surface area contributed by atoms with Gasteiger partial charge < -0.3 is 9.30 Å². The van der Waals surface area contributed by atoms with Crippen LogP contribution in [0.1, 0.15) is 25.0 Å². The van der Waals surface area contributed by atoms with Crippen molar-refractivity contribution in [1.82, 2.24) is 9.55 Å². The van der Waals surface area contributed by atoms with Gasteiger partial charge in [0.2, 0.25) is 0 Å². The Bertz CT molecular complexity index is 765. The second-order valence-electron chi connectivity index (χ2n) is 5.58. The number of ether oxygens (including phenoxy) is 1. The van der Waals surface area contributed by atoms with Gasteiger partial charge in [0.05, 0.1) is 12.9 Å². The second-order valence-corrected chi connectivity index (χ2v) is 5.58. The SMILES string of the molecule is CCC(=O)OC(Cn1ccnc1)c1ccc(-c2ccccc2)cc1. The first-order chi connectivity index (χ1) is 11.8. The van der Waals surface area contributed by atoms with E-state index in [1.165, 1.54) is 5.56 Å². The second kappa shape index (κ2) is 7.59. The number of hydrogen-bond donors (Lipinski definition) is 0. The van der Waals surface area contributed by atoms with Crippen molar-refractivity contribution in [2.75, 3.05) is 0 Å². The summed E-state index contributed by atoms with van der Waals surface area (Å²) in [4.78, 5) is 15.8. The van der Waals surface area contributed by atoms with Gasteiger partial charge in [0.1, 0.15) is 6.10 Å².